The maximum absolute atomic E-state index is 10.9. The van der Waals surface area contributed by atoms with Gasteiger partial charge >= 0.3 is 5.97 Å². The standard InChI is InChI=1S/C8H15N3O3/c1-3-4-5(8(13)14)11-6(9)7(12)10-2/h5H,3-4H2,1-2H3,(H2,9,11)(H,10,12)(H,13,14). The van der Waals surface area contributed by atoms with Crippen molar-refractivity contribution in [3.8, 4) is 0 Å². The molecule has 0 spiro atoms. The highest BCUT2D eigenvalue weighted by molar-refractivity contribution is 6.37. The van der Waals surface area contributed by atoms with E-state index in [-0.39, 0.29) is 5.84 Å². The Hall–Kier alpha value is -1.59. The summed E-state index contributed by atoms with van der Waals surface area (Å²) in [5, 5.41) is 11.0. The van der Waals surface area contributed by atoms with E-state index in [1.165, 1.54) is 7.05 Å². The molecule has 1 atom stereocenters. The van der Waals surface area contributed by atoms with Gasteiger partial charge in [0, 0.05) is 7.05 Å². The fraction of sp³-hybridized carbons (Fsp3) is 0.625. The first-order chi connectivity index (χ1) is 6.52. The number of aliphatic carboxylic acids is 1. The van der Waals surface area contributed by atoms with Crippen LogP contribution in [0.1, 0.15) is 19.8 Å². The Kier molecular flexibility index (Phi) is 5.28. The van der Waals surface area contributed by atoms with E-state index in [1.54, 1.807) is 0 Å². The van der Waals surface area contributed by atoms with Crippen LogP contribution in [0.2, 0.25) is 0 Å². The maximum atomic E-state index is 10.9. The number of amidine groups is 1. The number of carboxylic acids is 1. The third-order valence-corrected chi connectivity index (χ3v) is 1.60. The molecule has 0 radical (unpaired) electrons. The normalized spacial score (nSPS) is 13.4. The first-order valence-corrected chi connectivity index (χ1v) is 4.31. The van der Waals surface area contributed by atoms with Crippen LogP contribution in [0.15, 0.2) is 4.99 Å². The van der Waals surface area contributed by atoms with Crippen LogP contribution in [0.5, 0.6) is 0 Å². The predicted molar refractivity (Wildman–Crippen MR) is 52.0 cm³/mol. The van der Waals surface area contributed by atoms with Gasteiger partial charge in [-0.2, -0.15) is 0 Å². The molecule has 0 aromatic rings. The first-order valence-electron chi connectivity index (χ1n) is 4.31. The lowest BCUT2D eigenvalue weighted by atomic mass is 10.2. The van der Waals surface area contributed by atoms with Crippen molar-refractivity contribution >= 4 is 17.7 Å². The van der Waals surface area contributed by atoms with Crippen molar-refractivity contribution in [3.63, 3.8) is 0 Å². The average Bonchev–Trinajstić information content (AvgIpc) is 2.15. The van der Waals surface area contributed by atoms with Crippen LogP contribution in [0.4, 0.5) is 0 Å². The highest BCUT2D eigenvalue weighted by atomic mass is 16.4. The van der Waals surface area contributed by atoms with E-state index < -0.39 is 17.9 Å². The third-order valence-electron chi connectivity index (χ3n) is 1.60. The predicted octanol–water partition coefficient (Wildman–Crippen LogP) is -0.657. The molecule has 0 heterocycles. The minimum Gasteiger partial charge on any atom is -0.480 e. The summed E-state index contributed by atoms with van der Waals surface area (Å²) < 4.78 is 0. The molecule has 0 aliphatic heterocycles. The van der Waals surface area contributed by atoms with Gasteiger partial charge in [-0.25, -0.2) is 9.79 Å². The third kappa shape index (κ3) is 3.88. The largest absolute Gasteiger partial charge is 0.480 e. The Bertz CT molecular complexity index is 250. The van der Waals surface area contributed by atoms with Crippen LogP contribution in [0, 0.1) is 0 Å². The Morgan fingerprint density at radius 1 is 1.57 bits per heavy atom. The maximum Gasteiger partial charge on any atom is 0.328 e. The Labute approximate surface area is 82.2 Å². The van der Waals surface area contributed by atoms with Gasteiger partial charge in [0.15, 0.2) is 5.84 Å². The van der Waals surface area contributed by atoms with E-state index in [4.69, 9.17) is 10.8 Å². The van der Waals surface area contributed by atoms with Crippen molar-refractivity contribution in [3.05, 3.63) is 0 Å². The zero-order chi connectivity index (χ0) is 11.1. The number of aliphatic imine (C=N–C) groups is 1. The molecule has 0 saturated heterocycles. The van der Waals surface area contributed by atoms with Crippen molar-refractivity contribution in [1.82, 2.24) is 5.32 Å². The Balaban J connectivity index is 4.54. The molecule has 14 heavy (non-hydrogen) atoms. The molecule has 0 fully saturated rings. The minimum absolute atomic E-state index is 0.298. The second kappa shape index (κ2) is 5.95. The molecular weight excluding hydrogens is 186 g/mol. The number of rotatable bonds is 4. The number of amides is 1. The molecule has 80 valence electrons. The van der Waals surface area contributed by atoms with Gasteiger partial charge in [0.05, 0.1) is 0 Å². The van der Waals surface area contributed by atoms with E-state index in [0.717, 1.165) is 0 Å². The highest BCUT2D eigenvalue weighted by Gasteiger charge is 2.16. The summed E-state index contributed by atoms with van der Waals surface area (Å²) in [6, 6.07) is -0.933. The van der Waals surface area contributed by atoms with E-state index in [1.807, 2.05) is 6.92 Å². The number of carbonyl (C=O) groups excluding carboxylic acids is 1. The van der Waals surface area contributed by atoms with Crippen molar-refractivity contribution < 1.29 is 14.7 Å². The number of carbonyl (C=O) groups is 2. The number of likely N-dealkylation sites (N-methyl/N-ethyl adjacent to an activating group) is 1. The van der Waals surface area contributed by atoms with E-state index >= 15 is 0 Å². The second-order valence-corrected chi connectivity index (χ2v) is 2.74. The molecule has 0 aromatic carbocycles. The quantitative estimate of drug-likeness (QED) is 0.415. The van der Waals surface area contributed by atoms with Crippen LogP contribution in [0.3, 0.4) is 0 Å². The summed E-state index contributed by atoms with van der Waals surface area (Å²) in [6.07, 6.45) is 1.04. The monoisotopic (exact) mass is 201 g/mol. The number of hydrogen-bond donors (Lipinski definition) is 3. The topological polar surface area (TPSA) is 105 Å². The lowest BCUT2D eigenvalue weighted by Gasteiger charge is -2.06. The van der Waals surface area contributed by atoms with Gasteiger partial charge in [0.25, 0.3) is 5.91 Å². The first kappa shape index (κ1) is 12.4. The molecule has 0 bridgehead atoms. The molecule has 4 N–H and O–H groups in total. The molecule has 0 rings (SSSR count). The zero-order valence-corrected chi connectivity index (χ0v) is 8.28. The van der Waals surface area contributed by atoms with Crippen molar-refractivity contribution in [2.24, 2.45) is 10.7 Å². The lowest BCUT2D eigenvalue weighted by Crippen LogP contribution is -2.36. The van der Waals surface area contributed by atoms with Gasteiger partial charge in [-0.1, -0.05) is 13.3 Å². The molecule has 1 amide bonds. The van der Waals surface area contributed by atoms with Crippen LogP contribution in [0.25, 0.3) is 0 Å². The molecule has 1 unspecified atom stereocenters. The summed E-state index contributed by atoms with van der Waals surface area (Å²) in [7, 11) is 1.40. The summed E-state index contributed by atoms with van der Waals surface area (Å²) >= 11 is 0. The van der Waals surface area contributed by atoms with Crippen LogP contribution in [-0.2, 0) is 9.59 Å². The van der Waals surface area contributed by atoms with Crippen molar-refractivity contribution in [2.45, 2.75) is 25.8 Å². The van der Waals surface area contributed by atoms with Gasteiger partial charge in [0.1, 0.15) is 6.04 Å². The van der Waals surface area contributed by atoms with Gasteiger partial charge < -0.3 is 16.2 Å². The fourth-order valence-electron chi connectivity index (χ4n) is 0.871. The Morgan fingerprint density at radius 3 is 2.50 bits per heavy atom. The molecule has 6 nitrogen and oxygen atoms in total. The summed E-state index contributed by atoms with van der Waals surface area (Å²) in [5.74, 6) is -1.93. The molecule has 0 aliphatic carbocycles. The molecule has 0 aliphatic rings. The number of hydrogen-bond acceptors (Lipinski definition) is 3. The summed E-state index contributed by atoms with van der Waals surface area (Å²) in [6.45, 7) is 1.83. The molecule has 6 heteroatoms. The van der Waals surface area contributed by atoms with Crippen LogP contribution >= 0.6 is 0 Å². The average molecular weight is 201 g/mol. The second-order valence-electron chi connectivity index (χ2n) is 2.74. The lowest BCUT2D eigenvalue weighted by molar-refractivity contribution is -0.138. The van der Waals surface area contributed by atoms with E-state index in [9.17, 15) is 9.59 Å². The number of nitrogens with two attached hydrogens (primary N) is 1. The summed E-state index contributed by atoms with van der Waals surface area (Å²) in [5.41, 5.74) is 5.27. The number of nitrogens with one attached hydrogen (secondary N) is 1. The fourth-order valence-corrected chi connectivity index (χ4v) is 0.871. The smallest absolute Gasteiger partial charge is 0.328 e. The molecule has 0 saturated carbocycles. The highest BCUT2D eigenvalue weighted by Crippen LogP contribution is 2.01. The molecular formula is C8H15N3O3. The van der Waals surface area contributed by atoms with Crippen LogP contribution in [-0.4, -0.2) is 35.9 Å². The molecule has 0 aromatic heterocycles. The summed E-state index contributed by atoms with van der Waals surface area (Å²) in [4.78, 5) is 25.2. The Morgan fingerprint density at radius 2 is 2.14 bits per heavy atom. The van der Waals surface area contributed by atoms with Crippen LogP contribution < -0.4 is 11.1 Å². The van der Waals surface area contributed by atoms with E-state index in [0.29, 0.717) is 12.8 Å². The van der Waals surface area contributed by atoms with Gasteiger partial charge in [-0.3, -0.25) is 4.79 Å². The minimum atomic E-state index is -1.07. The van der Waals surface area contributed by atoms with Crippen molar-refractivity contribution in [2.75, 3.05) is 7.05 Å². The van der Waals surface area contributed by atoms with Gasteiger partial charge in [-0.15, -0.1) is 0 Å². The van der Waals surface area contributed by atoms with E-state index in [2.05, 4.69) is 10.3 Å². The number of carboxylic acid groups (broad SMARTS) is 1. The number of nitrogens with zero attached hydrogens (tertiary/aromatic N) is 1. The zero-order valence-electron chi connectivity index (χ0n) is 8.28. The van der Waals surface area contributed by atoms with Crippen molar-refractivity contribution in [1.29, 1.82) is 0 Å². The SMILES string of the molecule is CCCC(N=C(N)C(=O)NC)C(=O)O. The van der Waals surface area contributed by atoms with Gasteiger partial charge in [0.2, 0.25) is 0 Å². The van der Waals surface area contributed by atoms with Gasteiger partial charge in [-0.05, 0) is 6.42 Å².